The maximum atomic E-state index is 13.2. The Labute approximate surface area is 181 Å². The van der Waals surface area contributed by atoms with Crippen LogP contribution in [0, 0.1) is 0 Å². The molecule has 0 saturated heterocycles. The number of benzene rings is 2. The van der Waals surface area contributed by atoms with Gasteiger partial charge in [-0.25, -0.2) is 0 Å². The molecule has 4 nitrogen and oxygen atoms in total. The maximum absolute atomic E-state index is 13.2. The van der Waals surface area contributed by atoms with Crippen LogP contribution in [0.25, 0.3) is 0 Å². The second-order valence-electron chi connectivity index (χ2n) is 7.71. The fraction of sp³-hybridized carbons (Fsp3) is 0.462. The third-order valence-electron chi connectivity index (χ3n) is 5.48. The summed E-state index contributed by atoms with van der Waals surface area (Å²) < 4.78 is 0. The van der Waals surface area contributed by atoms with Crippen molar-refractivity contribution in [2.45, 2.75) is 65.3 Å². The average Bonchev–Trinajstić information content (AvgIpc) is 2.79. The molecule has 1 N–H and O–H groups in total. The fourth-order valence-corrected chi connectivity index (χ4v) is 3.60. The van der Waals surface area contributed by atoms with Crippen molar-refractivity contribution in [1.82, 2.24) is 10.2 Å². The first-order valence-corrected chi connectivity index (χ1v) is 11.3. The number of amides is 2. The molecule has 0 unspecified atom stereocenters. The second-order valence-corrected chi connectivity index (χ2v) is 7.71. The van der Waals surface area contributed by atoms with Gasteiger partial charge in [0, 0.05) is 19.5 Å². The van der Waals surface area contributed by atoms with Gasteiger partial charge in [0.1, 0.15) is 6.04 Å². The first kappa shape index (κ1) is 23.7. The summed E-state index contributed by atoms with van der Waals surface area (Å²) in [5.41, 5.74) is 3.63. The van der Waals surface area contributed by atoms with Crippen molar-refractivity contribution in [3.8, 4) is 0 Å². The lowest BCUT2D eigenvalue weighted by atomic mass is 10.0. The van der Waals surface area contributed by atoms with Crippen LogP contribution < -0.4 is 5.32 Å². The third kappa shape index (κ3) is 7.33. The van der Waals surface area contributed by atoms with Gasteiger partial charge in [0.2, 0.25) is 11.8 Å². The van der Waals surface area contributed by atoms with Crippen LogP contribution >= 0.6 is 0 Å². The van der Waals surface area contributed by atoms with Crippen molar-refractivity contribution >= 4 is 11.8 Å². The number of hydrogen-bond acceptors (Lipinski definition) is 2. The predicted molar refractivity (Wildman–Crippen MR) is 123 cm³/mol. The van der Waals surface area contributed by atoms with E-state index in [-0.39, 0.29) is 11.8 Å². The molecule has 1 atom stereocenters. The summed E-state index contributed by atoms with van der Waals surface area (Å²) in [5, 5.41) is 2.97. The molecule has 0 heterocycles. The van der Waals surface area contributed by atoms with E-state index in [0.29, 0.717) is 32.4 Å². The van der Waals surface area contributed by atoms with E-state index in [9.17, 15) is 9.59 Å². The monoisotopic (exact) mass is 408 g/mol. The van der Waals surface area contributed by atoms with Crippen molar-refractivity contribution in [3.05, 3.63) is 71.3 Å². The maximum Gasteiger partial charge on any atom is 0.242 e. The van der Waals surface area contributed by atoms with Crippen molar-refractivity contribution in [2.24, 2.45) is 0 Å². The molecule has 2 aromatic carbocycles. The minimum atomic E-state index is -0.421. The van der Waals surface area contributed by atoms with Gasteiger partial charge in [0.05, 0.1) is 0 Å². The highest BCUT2D eigenvalue weighted by atomic mass is 16.2. The molecule has 0 bridgehead atoms. The summed E-state index contributed by atoms with van der Waals surface area (Å²) >= 11 is 0. The zero-order chi connectivity index (χ0) is 21.8. The van der Waals surface area contributed by atoms with E-state index in [1.807, 2.05) is 32.0 Å². The summed E-state index contributed by atoms with van der Waals surface area (Å²) in [6.45, 7) is 7.33. The first-order valence-electron chi connectivity index (χ1n) is 11.3. The molecular weight excluding hydrogens is 372 g/mol. The van der Waals surface area contributed by atoms with Crippen LogP contribution in [0.3, 0.4) is 0 Å². The van der Waals surface area contributed by atoms with Crippen molar-refractivity contribution < 1.29 is 9.59 Å². The van der Waals surface area contributed by atoms with Crippen molar-refractivity contribution in [1.29, 1.82) is 0 Å². The molecule has 0 fully saturated rings. The molecule has 2 aromatic rings. The smallest absolute Gasteiger partial charge is 0.242 e. The summed E-state index contributed by atoms with van der Waals surface area (Å²) in [6.07, 6.45) is 4.36. The van der Waals surface area contributed by atoms with Crippen LogP contribution in [-0.4, -0.2) is 35.8 Å². The Balaban J connectivity index is 2.08. The Bertz CT molecular complexity index is 771. The number of carbonyl (C=O) groups is 2. The van der Waals surface area contributed by atoms with Crippen LogP contribution in [0.5, 0.6) is 0 Å². The zero-order valence-corrected chi connectivity index (χ0v) is 18.7. The molecule has 0 radical (unpaired) electrons. The molecule has 0 saturated carbocycles. The van der Waals surface area contributed by atoms with Gasteiger partial charge in [-0.3, -0.25) is 9.59 Å². The van der Waals surface area contributed by atoms with E-state index in [4.69, 9.17) is 0 Å². The van der Waals surface area contributed by atoms with Crippen molar-refractivity contribution in [2.75, 3.05) is 13.1 Å². The Morgan fingerprint density at radius 1 is 0.867 bits per heavy atom. The highest BCUT2D eigenvalue weighted by Crippen LogP contribution is 2.13. The third-order valence-corrected chi connectivity index (χ3v) is 5.48. The van der Waals surface area contributed by atoms with E-state index in [2.05, 4.69) is 48.6 Å². The van der Waals surface area contributed by atoms with E-state index in [1.54, 1.807) is 4.90 Å². The van der Waals surface area contributed by atoms with Gasteiger partial charge in [-0.1, -0.05) is 75.4 Å². The molecule has 4 heteroatoms. The lowest BCUT2D eigenvalue weighted by molar-refractivity contribution is -0.140. The van der Waals surface area contributed by atoms with E-state index in [1.165, 1.54) is 11.1 Å². The highest BCUT2D eigenvalue weighted by molar-refractivity contribution is 5.87. The van der Waals surface area contributed by atoms with E-state index in [0.717, 1.165) is 24.8 Å². The molecule has 0 aliphatic rings. The Hall–Kier alpha value is -2.62. The SMILES string of the molecule is CCCNC(=O)[C@H](CC)N(CCc1ccccc1)C(=O)CCc1ccc(CC)cc1. The quantitative estimate of drug-likeness (QED) is 0.560. The van der Waals surface area contributed by atoms with Crippen LogP contribution in [0.4, 0.5) is 0 Å². The lowest BCUT2D eigenvalue weighted by Crippen LogP contribution is -2.50. The number of rotatable bonds is 12. The summed E-state index contributed by atoms with van der Waals surface area (Å²) in [4.78, 5) is 27.7. The van der Waals surface area contributed by atoms with E-state index < -0.39 is 6.04 Å². The van der Waals surface area contributed by atoms with Crippen LogP contribution in [-0.2, 0) is 28.9 Å². The molecule has 0 aliphatic carbocycles. The zero-order valence-electron chi connectivity index (χ0n) is 18.7. The normalized spacial score (nSPS) is 11.7. The highest BCUT2D eigenvalue weighted by Gasteiger charge is 2.27. The van der Waals surface area contributed by atoms with Gasteiger partial charge >= 0.3 is 0 Å². The fourth-order valence-electron chi connectivity index (χ4n) is 3.60. The molecule has 2 rings (SSSR count). The van der Waals surface area contributed by atoms with Crippen LogP contribution in [0.15, 0.2) is 54.6 Å². The van der Waals surface area contributed by atoms with Crippen LogP contribution in [0.1, 0.15) is 56.7 Å². The standard InChI is InChI=1S/C26H36N2O2/c1-4-19-27-26(30)24(6-3)28(20-18-22-10-8-7-9-11-22)25(29)17-16-23-14-12-21(5-2)13-15-23/h7-15,24H,4-6,16-20H2,1-3H3,(H,27,30)/t24-/m0/s1. The largest absolute Gasteiger partial charge is 0.354 e. The molecular formula is C26H36N2O2. The van der Waals surface area contributed by atoms with Gasteiger partial charge in [-0.15, -0.1) is 0 Å². The predicted octanol–water partition coefficient (Wildman–Crippen LogP) is 4.56. The van der Waals surface area contributed by atoms with Crippen molar-refractivity contribution in [3.63, 3.8) is 0 Å². The average molecular weight is 409 g/mol. The Morgan fingerprint density at radius 3 is 2.10 bits per heavy atom. The number of hydrogen-bond donors (Lipinski definition) is 1. The molecule has 0 aliphatic heterocycles. The summed E-state index contributed by atoms with van der Waals surface area (Å²) in [6, 6.07) is 18.2. The van der Waals surface area contributed by atoms with Gasteiger partial charge in [-0.2, -0.15) is 0 Å². The summed E-state index contributed by atoms with van der Waals surface area (Å²) in [5.74, 6) is -0.00272. The molecule has 2 amide bonds. The topological polar surface area (TPSA) is 49.4 Å². The first-order chi connectivity index (χ1) is 14.6. The van der Waals surface area contributed by atoms with Gasteiger partial charge < -0.3 is 10.2 Å². The Morgan fingerprint density at radius 2 is 1.50 bits per heavy atom. The number of nitrogens with zero attached hydrogens (tertiary/aromatic N) is 1. The lowest BCUT2D eigenvalue weighted by Gasteiger charge is -2.30. The molecule has 0 aromatic heterocycles. The molecule has 0 spiro atoms. The minimum Gasteiger partial charge on any atom is -0.354 e. The van der Waals surface area contributed by atoms with Gasteiger partial charge in [0.25, 0.3) is 0 Å². The molecule has 162 valence electrons. The number of aryl methyl sites for hydroxylation is 2. The Kier molecular flexibility index (Phi) is 10.1. The van der Waals surface area contributed by atoms with Gasteiger partial charge in [0.15, 0.2) is 0 Å². The molecule has 30 heavy (non-hydrogen) atoms. The second kappa shape index (κ2) is 12.8. The van der Waals surface area contributed by atoms with E-state index >= 15 is 0 Å². The minimum absolute atomic E-state index is 0.0454. The summed E-state index contributed by atoms with van der Waals surface area (Å²) in [7, 11) is 0. The number of carbonyl (C=O) groups excluding carboxylic acids is 2. The van der Waals surface area contributed by atoms with Gasteiger partial charge in [-0.05, 0) is 48.8 Å². The number of nitrogens with one attached hydrogen (secondary N) is 1. The van der Waals surface area contributed by atoms with Crippen LogP contribution in [0.2, 0.25) is 0 Å².